The van der Waals surface area contributed by atoms with Crippen molar-refractivity contribution >= 4 is 34.9 Å². The minimum Gasteiger partial charge on any atom is -0.312 e. The molecule has 0 aliphatic carbocycles. The number of rotatable bonds is 2. The van der Waals surface area contributed by atoms with Crippen LogP contribution in [0.3, 0.4) is 0 Å². The minimum absolute atomic E-state index is 0.316. The van der Waals surface area contributed by atoms with Crippen molar-refractivity contribution in [1.29, 1.82) is 0 Å². The maximum Gasteiger partial charge on any atom is 0.323 e. The Labute approximate surface area is 98.1 Å². The Morgan fingerprint density at radius 3 is 2.67 bits per heavy atom. The van der Waals surface area contributed by atoms with Crippen molar-refractivity contribution in [3.8, 4) is 0 Å². The highest BCUT2D eigenvalue weighted by atomic mass is 35.5. The zero-order valence-corrected chi connectivity index (χ0v) is 9.62. The highest BCUT2D eigenvalue weighted by Gasteiger charge is 2.07. The quantitative estimate of drug-likeness (QED) is 0.820. The molecule has 0 bridgehead atoms. The Balaban J connectivity index is 2.77. The zero-order chi connectivity index (χ0) is 11.4. The molecular weight excluding hydrogens is 235 g/mol. The monoisotopic (exact) mass is 244 g/mol. The van der Waals surface area contributed by atoms with E-state index in [0.29, 0.717) is 21.4 Å². The molecule has 3 nitrogen and oxygen atoms in total. The Kier molecular flexibility index (Phi) is 4.00. The van der Waals surface area contributed by atoms with E-state index < -0.39 is 6.03 Å². The van der Waals surface area contributed by atoms with E-state index >= 15 is 0 Å². The summed E-state index contributed by atoms with van der Waals surface area (Å²) in [6.07, 6.45) is 0. The topological polar surface area (TPSA) is 41.1 Å². The first-order valence-corrected chi connectivity index (χ1v) is 4.94. The van der Waals surface area contributed by atoms with Gasteiger partial charge in [0.1, 0.15) is 0 Å². The van der Waals surface area contributed by atoms with Crippen molar-refractivity contribution in [1.82, 2.24) is 5.32 Å². The van der Waals surface area contributed by atoms with Crippen molar-refractivity contribution < 1.29 is 4.79 Å². The van der Waals surface area contributed by atoms with Gasteiger partial charge in [0.25, 0.3) is 0 Å². The predicted octanol–water partition coefficient (Wildman–Crippen LogP) is 3.65. The van der Waals surface area contributed by atoms with Crippen molar-refractivity contribution in [3.05, 3.63) is 40.5 Å². The van der Waals surface area contributed by atoms with Crippen LogP contribution in [0.1, 0.15) is 6.92 Å². The summed E-state index contributed by atoms with van der Waals surface area (Å²) in [6, 6.07) is 4.61. The summed E-state index contributed by atoms with van der Waals surface area (Å²) in [5, 5.41) is 5.76. The molecule has 0 saturated carbocycles. The number of allylic oxidation sites excluding steroid dienone is 1. The van der Waals surface area contributed by atoms with E-state index in [-0.39, 0.29) is 0 Å². The molecule has 0 unspecified atom stereocenters. The summed E-state index contributed by atoms with van der Waals surface area (Å²) < 4.78 is 0. The fraction of sp³-hybridized carbons (Fsp3) is 0.100. The summed E-state index contributed by atoms with van der Waals surface area (Å²) in [5.74, 6) is 0. The van der Waals surface area contributed by atoms with Crippen LogP contribution in [-0.2, 0) is 0 Å². The van der Waals surface area contributed by atoms with Crippen LogP contribution in [0.15, 0.2) is 30.5 Å². The van der Waals surface area contributed by atoms with Crippen LogP contribution >= 0.6 is 23.2 Å². The lowest BCUT2D eigenvalue weighted by molar-refractivity contribution is 0.254. The molecule has 0 radical (unpaired) electrons. The third-order valence-corrected chi connectivity index (χ3v) is 2.35. The Bertz CT molecular complexity index is 404. The van der Waals surface area contributed by atoms with Crippen molar-refractivity contribution in [2.45, 2.75) is 6.92 Å². The largest absolute Gasteiger partial charge is 0.323 e. The third kappa shape index (κ3) is 3.46. The smallest absolute Gasteiger partial charge is 0.312 e. The normalized spacial score (nSPS) is 9.53. The van der Waals surface area contributed by atoms with Crippen LogP contribution in [-0.4, -0.2) is 6.03 Å². The van der Waals surface area contributed by atoms with Crippen molar-refractivity contribution in [2.75, 3.05) is 5.32 Å². The van der Waals surface area contributed by atoms with Gasteiger partial charge in [-0.05, 0) is 19.1 Å². The molecule has 80 valence electrons. The second-order valence-electron chi connectivity index (χ2n) is 2.96. The number of carbonyl (C=O) groups is 1. The van der Waals surface area contributed by atoms with Crippen LogP contribution < -0.4 is 10.6 Å². The van der Waals surface area contributed by atoms with E-state index in [1.165, 1.54) is 0 Å². The molecule has 0 aliphatic heterocycles. The maximum absolute atomic E-state index is 11.3. The van der Waals surface area contributed by atoms with Gasteiger partial charge in [0.2, 0.25) is 0 Å². The highest BCUT2D eigenvalue weighted by molar-refractivity contribution is 6.43. The van der Waals surface area contributed by atoms with E-state index in [0.717, 1.165) is 0 Å². The first-order chi connectivity index (χ1) is 7.00. The summed E-state index contributed by atoms with van der Waals surface area (Å²) in [5.41, 5.74) is 1.01. The second kappa shape index (κ2) is 5.05. The molecule has 1 rings (SSSR count). The van der Waals surface area contributed by atoms with Gasteiger partial charge in [-0.3, -0.25) is 0 Å². The Morgan fingerprint density at radius 1 is 1.40 bits per heavy atom. The van der Waals surface area contributed by atoms with Crippen LogP contribution in [0.5, 0.6) is 0 Å². The van der Waals surface area contributed by atoms with Gasteiger partial charge in [0.15, 0.2) is 0 Å². The van der Waals surface area contributed by atoms with E-state index in [2.05, 4.69) is 17.2 Å². The second-order valence-corrected chi connectivity index (χ2v) is 3.75. The third-order valence-electron chi connectivity index (χ3n) is 1.53. The molecule has 0 atom stereocenters. The van der Waals surface area contributed by atoms with Crippen molar-refractivity contribution in [3.63, 3.8) is 0 Å². The van der Waals surface area contributed by atoms with E-state index in [1.807, 2.05) is 0 Å². The average Bonchev–Trinajstić information content (AvgIpc) is 2.11. The molecule has 0 saturated heterocycles. The van der Waals surface area contributed by atoms with E-state index in [1.54, 1.807) is 25.1 Å². The summed E-state index contributed by atoms with van der Waals surface area (Å²) in [6.45, 7) is 5.23. The molecule has 15 heavy (non-hydrogen) atoms. The number of benzene rings is 1. The van der Waals surface area contributed by atoms with Gasteiger partial charge in [0, 0.05) is 5.70 Å². The van der Waals surface area contributed by atoms with Crippen LogP contribution in [0, 0.1) is 0 Å². The molecule has 1 aromatic rings. The first kappa shape index (κ1) is 11.9. The molecule has 2 N–H and O–H groups in total. The molecule has 0 spiro atoms. The van der Waals surface area contributed by atoms with Crippen LogP contribution in [0.25, 0.3) is 0 Å². The molecule has 0 aromatic heterocycles. The summed E-state index contributed by atoms with van der Waals surface area (Å²) in [7, 11) is 0. The fourth-order valence-corrected chi connectivity index (χ4v) is 1.30. The van der Waals surface area contributed by atoms with Gasteiger partial charge in [-0.25, -0.2) is 4.79 Å². The number of nitrogens with one attached hydrogen (secondary N) is 2. The van der Waals surface area contributed by atoms with Gasteiger partial charge in [0.05, 0.1) is 15.7 Å². The zero-order valence-electron chi connectivity index (χ0n) is 8.10. The molecule has 0 heterocycles. The molecule has 0 fully saturated rings. The van der Waals surface area contributed by atoms with Gasteiger partial charge < -0.3 is 10.6 Å². The number of urea groups is 1. The minimum atomic E-state index is -0.397. The van der Waals surface area contributed by atoms with Gasteiger partial charge in [-0.2, -0.15) is 0 Å². The van der Waals surface area contributed by atoms with Gasteiger partial charge in [-0.15, -0.1) is 0 Å². The molecule has 2 amide bonds. The Hall–Kier alpha value is -1.19. The van der Waals surface area contributed by atoms with Gasteiger partial charge in [-0.1, -0.05) is 35.8 Å². The fourth-order valence-electron chi connectivity index (χ4n) is 0.948. The molecular formula is C10H10Cl2N2O. The van der Waals surface area contributed by atoms with Crippen LogP contribution in [0.2, 0.25) is 10.0 Å². The molecule has 0 aliphatic rings. The maximum atomic E-state index is 11.3. The predicted molar refractivity (Wildman–Crippen MR) is 63.4 cm³/mol. The SMILES string of the molecule is C=C(C)NC(=O)Nc1cccc(Cl)c1Cl. The first-order valence-electron chi connectivity index (χ1n) is 4.18. The highest BCUT2D eigenvalue weighted by Crippen LogP contribution is 2.29. The standard InChI is InChI=1S/C10H10Cl2N2O/c1-6(2)13-10(15)14-8-5-3-4-7(11)9(8)12/h3-5H,1H2,2H3,(H2,13,14,15). The van der Waals surface area contributed by atoms with E-state index in [4.69, 9.17) is 23.2 Å². The van der Waals surface area contributed by atoms with Gasteiger partial charge >= 0.3 is 6.03 Å². The Morgan fingerprint density at radius 2 is 2.07 bits per heavy atom. The average molecular weight is 245 g/mol. The number of anilines is 1. The summed E-state index contributed by atoms with van der Waals surface area (Å²) >= 11 is 11.7. The number of hydrogen-bond donors (Lipinski definition) is 2. The lowest BCUT2D eigenvalue weighted by Crippen LogP contribution is -2.26. The number of hydrogen-bond acceptors (Lipinski definition) is 1. The number of amides is 2. The lowest BCUT2D eigenvalue weighted by Gasteiger charge is -2.08. The number of halogens is 2. The van der Waals surface area contributed by atoms with Crippen LogP contribution in [0.4, 0.5) is 10.5 Å². The van der Waals surface area contributed by atoms with Crippen molar-refractivity contribution in [2.24, 2.45) is 0 Å². The molecule has 5 heteroatoms. The van der Waals surface area contributed by atoms with E-state index in [9.17, 15) is 4.79 Å². The lowest BCUT2D eigenvalue weighted by atomic mass is 10.3. The summed E-state index contributed by atoms with van der Waals surface area (Å²) in [4.78, 5) is 11.3. The number of carbonyl (C=O) groups excluding carboxylic acids is 1. The molecule has 1 aromatic carbocycles.